The van der Waals surface area contributed by atoms with Crippen molar-refractivity contribution in [1.82, 2.24) is 15.0 Å². The summed E-state index contributed by atoms with van der Waals surface area (Å²) in [4.78, 5) is 22.1. The number of anilines is 9. The van der Waals surface area contributed by atoms with Crippen LogP contribution in [-0.2, 0) is 77.0 Å². The van der Waals surface area contributed by atoms with Crippen LogP contribution in [0.1, 0.15) is 134 Å². The molecule has 0 fully saturated rings. The molecule has 6 nitrogen and oxygen atoms in total. The van der Waals surface area contributed by atoms with E-state index in [1.54, 1.807) is 0 Å². The summed E-state index contributed by atoms with van der Waals surface area (Å²) in [5.74, 6) is 0. The zero-order valence-corrected chi connectivity index (χ0v) is 57.9. The van der Waals surface area contributed by atoms with Gasteiger partial charge in [0.05, 0.1) is 62.6 Å². The van der Waals surface area contributed by atoms with Crippen LogP contribution in [0, 0.1) is 0 Å². The van der Waals surface area contributed by atoms with Crippen LogP contribution in [0.4, 0.5) is 51.2 Å². The maximum absolute atomic E-state index is 4.93. The van der Waals surface area contributed by atoms with Crippen molar-refractivity contribution < 1.29 is 0 Å². The lowest BCUT2D eigenvalue weighted by molar-refractivity contribution is 0.948. The van der Waals surface area contributed by atoms with E-state index in [2.05, 4.69) is 258 Å². The number of nitrogens with zero attached hydrogens (tertiary/aromatic N) is 6. The number of pyridine rings is 3. The van der Waals surface area contributed by atoms with Crippen molar-refractivity contribution >= 4 is 51.2 Å². The SMILES string of the molecule is c1ccc2c(c1)Cc1cc3c(cc1-2)N1c2ccc4c(c2Cc2ccnc(c21)C3)Cc1ccccc1-4.c1ccc2c(c1)Cc1cc3c(cc1-2)N1c2ccc4c(c2Cc2cncc(c21)C3)Cc1ccccc1-4.c1ccc2c(c1)Cc1cc3c(cc1-2)N1c2ccc4c(c2Cc2nccc(c21)C3)Cc1ccccc1-4. The van der Waals surface area contributed by atoms with Gasteiger partial charge in [-0.15, -0.1) is 0 Å². The summed E-state index contributed by atoms with van der Waals surface area (Å²) in [6, 6.07) is 86.9. The second kappa shape index (κ2) is 21.1. The molecule has 0 saturated carbocycles. The summed E-state index contributed by atoms with van der Waals surface area (Å²) >= 11 is 0. The second-order valence-corrected chi connectivity index (χ2v) is 31.1. The molecule has 0 radical (unpaired) electrons. The molecule has 27 rings (SSSR count). The minimum absolute atomic E-state index is 0.907. The summed E-state index contributed by atoms with van der Waals surface area (Å²) in [5.41, 5.74) is 62.9. The third-order valence-corrected chi connectivity index (χ3v) is 25.8. The van der Waals surface area contributed by atoms with Gasteiger partial charge in [-0.3, -0.25) is 15.0 Å². The van der Waals surface area contributed by atoms with Gasteiger partial charge in [-0.25, -0.2) is 0 Å². The van der Waals surface area contributed by atoms with Gasteiger partial charge in [0.2, 0.25) is 0 Å². The first-order chi connectivity index (χ1) is 52.0. The van der Waals surface area contributed by atoms with E-state index in [0.717, 1.165) is 77.0 Å². The molecule has 15 aromatic rings. The van der Waals surface area contributed by atoms with E-state index in [1.165, 1.54) is 252 Å². The molecule has 6 heteroatoms. The first-order valence-corrected chi connectivity index (χ1v) is 37.7. The average Bonchev–Trinajstić information content (AvgIpc) is 1.71. The highest BCUT2D eigenvalue weighted by Crippen LogP contribution is 2.60. The second-order valence-electron chi connectivity index (χ2n) is 31.1. The Labute approximate surface area is 609 Å². The van der Waals surface area contributed by atoms with Crippen molar-refractivity contribution in [2.24, 2.45) is 0 Å². The van der Waals surface area contributed by atoms with Crippen molar-refractivity contribution in [1.29, 1.82) is 0 Å². The van der Waals surface area contributed by atoms with Gasteiger partial charge in [0.25, 0.3) is 0 Å². The molecule has 6 aliphatic carbocycles. The first-order valence-electron chi connectivity index (χ1n) is 37.7. The summed E-state index contributed by atoms with van der Waals surface area (Å²) < 4.78 is 0. The molecule has 0 saturated heterocycles. The van der Waals surface area contributed by atoms with Crippen LogP contribution in [0.15, 0.2) is 255 Å². The molecule has 0 unspecified atom stereocenters. The molecule has 6 aliphatic heterocycles. The molecule has 492 valence electrons. The van der Waals surface area contributed by atoms with Crippen LogP contribution in [0.5, 0.6) is 0 Å². The van der Waals surface area contributed by atoms with E-state index in [9.17, 15) is 0 Å². The number of hydrogen-bond acceptors (Lipinski definition) is 6. The lowest BCUT2D eigenvalue weighted by Crippen LogP contribution is -2.26. The van der Waals surface area contributed by atoms with Crippen LogP contribution < -0.4 is 14.7 Å². The summed E-state index contributed by atoms with van der Waals surface area (Å²) in [5, 5.41) is 0. The predicted octanol–water partition coefficient (Wildman–Crippen LogP) is 22.5. The van der Waals surface area contributed by atoms with Gasteiger partial charge < -0.3 is 14.7 Å². The molecule has 9 heterocycles. The maximum Gasteiger partial charge on any atom is 0.0716 e. The van der Waals surface area contributed by atoms with E-state index >= 15 is 0 Å². The summed E-state index contributed by atoms with van der Waals surface area (Å²) in [6.07, 6.45) is 20.1. The summed E-state index contributed by atoms with van der Waals surface area (Å²) in [7, 11) is 0. The molecule has 12 aliphatic rings. The predicted molar refractivity (Wildman–Crippen MR) is 423 cm³/mol. The quantitative estimate of drug-likeness (QED) is 0.151. The Morgan fingerprint density at radius 1 is 0.190 bits per heavy atom. The standard InChI is InChI=1S/3C33H22N2/c1-4-8-26-19(5-1)11-21-12-22-13-23-17-34-18-24-15-30-29-14-20-6-2-3-7-25(20)27(29)9-10-31(30)35(33(23)24)32(22)16-28(21)26;1-4-8-25-19(5-1)13-22-15-23-14-21-11-12-34-30-17-29-28-16-20-6-2-3-7-24(20)26(28)9-10-31(29)35(33(21)30)32(23)18-27(22)25;1-4-8-25-19(5-1)13-22-14-23-17-30-33-21(11-12-34-30)16-29-28-15-20-6-2-3-7-24(20)26(28)9-10-31(29)35(33)32(23)18-27(22)25/h1-10,12,16-18H,11,13-15H2;1-12,15,18H,13-14,16-17H2;1-12,14,18H,13,15-17H2. The topological polar surface area (TPSA) is 48.4 Å². The van der Waals surface area contributed by atoms with Crippen molar-refractivity contribution in [3.63, 3.8) is 0 Å². The monoisotopic (exact) mass is 1340 g/mol. The van der Waals surface area contributed by atoms with Gasteiger partial charge in [-0.1, -0.05) is 182 Å². The van der Waals surface area contributed by atoms with E-state index in [4.69, 9.17) is 15.0 Å². The van der Waals surface area contributed by atoms with Gasteiger partial charge >= 0.3 is 0 Å². The van der Waals surface area contributed by atoms with Gasteiger partial charge in [0.15, 0.2) is 0 Å². The Kier molecular flexibility index (Phi) is 11.5. The molecule has 3 aromatic heterocycles. The number of benzene rings is 12. The number of rotatable bonds is 0. The average molecular weight is 1340 g/mol. The third-order valence-electron chi connectivity index (χ3n) is 25.8. The highest BCUT2D eigenvalue weighted by Gasteiger charge is 2.41. The fraction of sp³-hybridized carbons (Fsp3) is 0.121. The van der Waals surface area contributed by atoms with Gasteiger partial charge in [0.1, 0.15) is 0 Å². The molecule has 0 N–H and O–H groups in total. The molecule has 0 amide bonds. The molecular weight excluding hydrogens is 1270 g/mol. The van der Waals surface area contributed by atoms with Crippen LogP contribution >= 0.6 is 0 Å². The fourth-order valence-electron chi connectivity index (χ4n) is 21.2. The Bertz CT molecular complexity index is 5900. The van der Waals surface area contributed by atoms with Crippen molar-refractivity contribution in [3.05, 3.63) is 389 Å². The van der Waals surface area contributed by atoms with E-state index < -0.39 is 0 Å². The van der Waals surface area contributed by atoms with Gasteiger partial charge in [-0.05, 0) is 276 Å². The fourth-order valence-corrected chi connectivity index (χ4v) is 21.2. The molecule has 12 aromatic carbocycles. The number of hydrogen-bond donors (Lipinski definition) is 0. The van der Waals surface area contributed by atoms with Crippen molar-refractivity contribution in [2.45, 2.75) is 77.0 Å². The van der Waals surface area contributed by atoms with Crippen LogP contribution in [0.2, 0.25) is 0 Å². The number of aromatic nitrogens is 3. The first kappa shape index (κ1) is 57.1. The summed E-state index contributed by atoms with van der Waals surface area (Å²) in [6.45, 7) is 0. The van der Waals surface area contributed by atoms with Crippen LogP contribution in [0.3, 0.4) is 0 Å². The lowest BCUT2D eigenvalue weighted by atomic mass is 9.84. The van der Waals surface area contributed by atoms with Crippen LogP contribution in [0.25, 0.3) is 66.8 Å². The maximum atomic E-state index is 4.93. The molecule has 105 heavy (non-hydrogen) atoms. The van der Waals surface area contributed by atoms with E-state index in [-0.39, 0.29) is 0 Å². The molecule has 0 bridgehead atoms. The van der Waals surface area contributed by atoms with Gasteiger partial charge in [-0.2, -0.15) is 0 Å². The Morgan fingerprint density at radius 3 is 0.924 bits per heavy atom. The zero-order chi connectivity index (χ0) is 68.0. The Hall–Kier alpha value is -12.5. The number of fused-ring (bicyclic) bond motifs is 33. The minimum atomic E-state index is 0.907. The smallest absolute Gasteiger partial charge is 0.0716 e. The minimum Gasteiger partial charge on any atom is -0.309 e. The molecule has 0 atom stereocenters. The van der Waals surface area contributed by atoms with Gasteiger partial charge in [0, 0.05) is 63.3 Å². The van der Waals surface area contributed by atoms with Crippen molar-refractivity contribution in [3.8, 4) is 66.8 Å². The third kappa shape index (κ3) is 8.01. The lowest BCUT2D eigenvalue weighted by Gasteiger charge is -2.40. The Morgan fingerprint density at radius 2 is 0.495 bits per heavy atom. The van der Waals surface area contributed by atoms with E-state index in [1.807, 2.05) is 12.4 Å². The highest BCUT2D eigenvalue weighted by atomic mass is 15.2. The van der Waals surface area contributed by atoms with Crippen LogP contribution in [-0.4, -0.2) is 15.0 Å². The zero-order valence-electron chi connectivity index (χ0n) is 57.9. The highest BCUT2D eigenvalue weighted by molar-refractivity contribution is 5.99. The normalized spacial score (nSPS) is 14.9. The Balaban J connectivity index is 0.0000000914. The largest absolute Gasteiger partial charge is 0.309 e. The molecule has 0 spiro atoms. The molecular formula is C99H66N6. The van der Waals surface area contributed by atoms with Crippen molar-refractivity contribution in [2.75, 3.05) is 14.7 Å². The van der Waals surface area contributed by atoms with E-state index in [0.29, 0.717) is 0 Å².